The van der Waals surface area contributed by atoms with Crippen molar-refractivity contribution in [2.75, 3.05) is 0 Å². The van der Waals surface area contributed by atoms with Crippen molar-refractivity contribution in [1.29, 1.82) is 0 Å². The van der Waals surface area contributed by atoms with Crippen molar-refractivity contribution < 1.29 is 9.84 Å². The third-order valence-electron chi connectivity index (χ3n) is 2.15. The SMILES string of the molecule is OCc1ccncc1Oc1ccc(Br)cc1Br. The predicted octanol–water partition coefficient (Wildman–Crippen LogP) is 3.89. The topological polar surface area (TPSA) is 42.4 Å². The van der Waals surface area contributed by atoms with Gasteiger partial charge in [0.25, 0.3) is 0 Å². The average molecular weight is 359 g/mol. The van der Waals surface area contributed by atoms with E-state index in [1.165, 1.54) is 0 Å². The van der Waals surface area contributed by atoms with Gasteiger partial charge in [-0.25, -0.2) is 0 Å². The molecule has 0 aliphatic heterocycles. The lowest BCUT2D eigenvalue weighted by Crippen LogP contribution is -1.93. The monoisotopic (exact) mass is 357 g/mol. The highest BCUT2D eigenvalue weighted by Crippen LogP contribution is 2.32. The number of aromatic nitrogens is 1. The van der Waals surface area contributed by atoms with Crippen molar-refractivity contribution in [3.8, 4) is 11.5 Å². The Bertz CT molecular complexity index is 532. The van der Waals surface area contributed by atoms with Crippen LogP contribution in [0.3, 0.4) is 0 Å². The molecule has 0 saturated heterocycles. The Kier molecular flexibility index (Phi) is 4.15. The van der Waals surface area contributed by atoms with Gasteiger partial charge in [0, 0.05) is 16.2 Å². The van der Waals surface area contributed by atoms with Gasteiger partial charge in [0.15, 0.2) is 5.75 Å². The quantitative estimate of drug-likeness (QED) is 0.904. The van der Waals surface area contributed by atoms with Crippen LogP contribution < -0.4 is 4.74 Å². The van der Waals surface area contributed by atoms with Crippen LogP contribution >= 0.6 is 31.9 Å². The Morgan fingerprint density at radius 1 is 1.18 bits per heavy atom. The molecule has 0 bridgehead atoms. The fraction of sp³-hybridized carbons (Fsp3) is 0.0833. The lowest BCUT2D eigenvalue weighted by Gasteiger charge is -2.10. The van der Waals surface area contributed by atoms with E-state index in [1.807, 2.05) is 18.2 Å². The molecule has 5 heteroatoms. The second kappa shape index (κ2) is 5.62. The zero-order valence-corrected chi connectivity index (χ0v) is 11.9. The summed E-state index contributed by atoms with van der Waals surface area (Å²) in [6.07, 6.45) is 3.20. The number of rotatable bonds is 3. The first-order chi connectivity index (χ1) is 8.20. The summed E-state index contributed by atoms with van der Waals surface area (Å²) < 4.78 is 7.49. The molecule has 1 N–H and O–H groups in total. The van der Waals surface area contributed by atoms with Gasteiger partial charge in [0.2, 0.25) is 0 Å². The summed E-state index contributed by atoms with van der Waals surface area (Å²) in [6.45, 7) is -0.0774. The molecule has 88 valence electrons. The van der Waals surface area contributed by atoms with E-state index in [-0.39, 0.29) is 6.61 Å². The molecule has 0 fully saturated rings. The molecule has 17 heavy (non-hydrogen) atoms. The molecule has 0 aliphatic carbocycles. The van der Waals surface area contributed by atoms with Crippen molar-refractivity contribution >= 4 is 31.9 Å². The van der Waals surface area contributed by atoms with Crippen LogP contribution in [0.1, 0.15) is 5.56 Å². The molecule has 1 aromatic heterocycles. The van der Waals surface area contributed by atoms with Crippen LogP contribution in [0.4, 0.5) is 0 Å². The number of halogens is 2. The van der Waals surface area contributed by atoms with E-state index in [9.17, 15) is 5.11 Å². The zero-order chi connectivity index (χ0) is 12.3. The molecule has 1 heterocycles. The van der Waals surface area contributed by atoms with Gasteiger partial charge in [-0.3, -0.25) is 4.98 Å². The molecular weight excluding hydrogens is 350 g/mol. The van der Waals surface area contributed by atoms with Gasteiger partial charge in [-0.05, 0) is 40.2 Å². The van der Waals surface area contributed by atoms with E-state index in [0.29, 0.717) is 17.1 Å². The molecule has 0 radical (unpaired) electrons. The number of pyridine rings is 1. The number of aliphatic hydroxyl groups is 1. The number of aliphatic hydroxyl groups excluding tert-OH is 1. The van der Waals surface area contributed by atoms with Crippen molar-refractivity contribution in [3.05, 3.63) is 51.2 Å². The lowest BCUT2D eigenvalue weighted by atomic mass is 10.2. The zero-order valence-electron chi connectivity index (χ0n) is 8.73. The second-order valence-electron chi connectivity index (χ2n) is 3.32. The van der Waals surface area contributed by atoms with Crippen LogP contribution in [0.2, 0.25) is 0 Å². The van der Waals surface area contributed by atoms with E-state index < -0.39 is 0 Å². The Labute approximate surface area is 116 Å². The summed E-state index contributed by atoms with van der Waals surface area (Å²) in [5.41, 5.74) is 0.704. The van der Waals surface area contributed by atoms with Gasteiger partial charge in [0.05, 0.1) is 17.3 Å². The smallest absolute Gasteiger partial charge is 0.151 e. The number of hydrogen-bond acceptors (Lipinski definition) is 3. The first-order valence-electron chi connectivity index (χ1n) is 4.87. The normalized spacial score (nSPS) is 10.3. The van der Waals surface area contributed by atoms with E-state index in [4.69, 9.17) is 4.74 Å². The highest BCUT2D eigenvalue weighted by atomic mass is 79.9. The minimum atomic E-state index is -0.0774. The number of nitrogens with zero attached hydrogens (tertiary/aromatic N) is 1. The fourth-order valence-corrected chi connectivity index (χ4v) is 2.44. The van der Waals surface area contributed by atoms with Crippen molar-refractivity contribution in [1.82, 2.24) is 4.98 Å². The Hall–Kier alpha value is -0.910. The Morgan fingerprint density at radius 3 is 2.71 bits per heavy atom. The number of hydrogen-bond donors (Lipinski definition) is 1. The first-order valence-corrected chi connectivity index (χ1v) is 6.46. The van der Waals surface area contributed by atoms with E-state index in [2.05, 4.69) is 36.8 Å². The highest BCUT2D eigenvalue weighted by Gasteiger charge is 2.07. The van der Waals surface area contributed by atoms with Crippen LogP contribution in [0, 0.1) is 0 Å². The maximum atomic E-state index is 9.18. The first kappa shape index (κ1) is 12.5. The lowest BCUT2D eigenvalue weighted by molar-refractivity contribution is 0.276. The summed E-state index contributed by atoms with van der Waals surface area (Å²) in [6, 6.07) is 7.34. The van der Waals surface area contributed by atoms with Gasteiger partial charge in [-0.15, -0.1) is 0 Å². The maximum Gasteiger partial charge on any atom is 0.151 e. The van der Waals surface area contributed by atoms with Crippen LogP contribution in [0.5, 0.6) is 11.5 Å². The standard InChI is InChI=1S/C12H9Br2NO2/c13-9-1-2-11(10(14)5-9)17-12-6-15-4-3-8(12)7-16/h1-6,16H,7H2. The van der Waals surface area contributed by atoms with Gasteiger partial charge in [-0.1, -0.05) is 15.9 Å². The highest BCUT2D eigenvalue weighted by molar-refractivity contribution is 9.11. The minimum absolute atomic E-state index is 0.0774. The van der Waals surface area contributed by atoms with Crippen molar-refractivity contribution in [3.63, 3.8) is 0 Å². The van der Waals surface area contributed by atoms with E-state index in [0.717, 1.165) is 8.95 Å². The van der Waals surface area contributed by atoms with Crippen LogP contribution in [-0.4, -0.2) is 10.1 Å². The minimum Gasteiger partial charge on any atom is -0.454 e. The summed E-state index contributed by atoms with van der Waals surface area (Å²) >= 11 is 6.79. The molecule has 2 aromatic rings. The van der Waals surface area contributed by atoms with Gasteiger partial charge < -0.3 is 9.84 Å². The van der Waals surface area contributed by atoms with Crippen molar-refractivity contribution in [2.24, 2.45) is 0 Å². The molecule has 0 atom stereocenters. The van der Waals surface area contributed by atoms with Crippen LogP contribution in [0.15, 0.2) is 45.6 Å². The third-order valence-corrected chi connectivity index (χ3v) is 3.27. The van der Waals surface area contributed by atoms with Gasteiger partial charge >= 0.3 is 0 Å². The average Bonchev–Trinajstić information content (AvgIpc) is 2.33. The third kappa shape index (κ3) is 3.06. The predicted molar refractivity (Wildman–Crippen MR) is 72.1 cm³/mol. The Morgan fingerprint density at radius 2 is 2.00 bits per heavy atom. The molecule has 0 saturated carbocycles. The molecule has 0 unspecified atom stereocenters. The largest absolute Gasteiger partial charge is 0.454 e. The van der Waals surface area contributed by atoms with Crippen LogP contribution in [0.25, 0.3) is 0 Å². The molecule has 0 spiro atoms. The van der Waals surface area contributed by atoms with E-state index >= 15 is 0 Å². The molecule has 3 nitrogen and oxygen atoms in total. The Balaban J connectivity index is 2.31. The van der Waals surface area contributed by atoms with Gasteiger partial charge in [0.1, 0.15) is 5.75 Å². The van der Waals surface area contributed by atoms with Crippen molar-refractivity contribution in [2.45, 2.75) is 6.61 Å². The molecule has 0 aliphatic rings. The maximum absolute atomic E-state index is 9.18. The van der Waals surface area contributed by atoms with E-state index in [1.54, 1.807) is 18.5 Å². The summed E-state index contributed by atoms with van der Waals surface area (Å²) in [5.74, 6) is 1.23. The number of ether oxygens (including phenoxy) is 1. The summed E-state index contributed by atoms with van der Waals surface area (Å²) in [4.78, 5) is 3.98. The fourth-order valence-electron chi connectivity index (χ4n) is 1.31. The molecule has 2 rings (SSSR count). The second-order valence-corrected chi connectivity index (χ2v) is 5.09. The molecular formula is C12H9Br2NO2. The summed E-state index contributed by atoms with van der Waals surface area (Å²) in [7, 11) is 0. The van der Waals surface area contributed by atoms with Gasteiger partial charge in [-0.2, -0.15) is 0 Å². The summed E-state index contributed by atoms with van der Waals surface area (Å²) in [5, 5.41) is 9.18. The molecule has 0 amide bonds. The molecule has 1 aromatic carbocycles. The van der Waals surface area contributed by atoms with Crippen LogP contribution in [-0.2, 0) is 6.61 Å². The number of benzene rings is 1.